The first-order valence-corrected chi connectivity index (χ1v) is 8.52. The van der Waals surface area contributed by atoms with E-state index in [0.717, 1.165) is 31.7 Å². The first-order valence-electron chi connectivity index (χ1n) is 8.52. The molecule has 2 amide bonds. The zero-order valence-electron chi connectivity index (χ0n) is 14.1. The van der Waals surface area contributed by atoms with Gasteiger partial charge in [-0.3, -0.25) is 9.59 Å². The maximum absolute atomic E-state index is 12.9. The SMILES string of the molecule is CN1CCN(C(=O)C2CC(=O)N(CCc3ccc(F)cc3)C2)CC1. The van der Waals surface area contributed by atoms with Crippen LogP contribution < -0.4 is 0 Å². The minimum absolute atomic E-state index is 0.0459. The van der Waals surface area contributed by atoms with Crippen LogP contribution in [0, 0.1) is 11.7 Å². The third-order valence-electron chi connectivity index (χ3n) is 4.96. The normalized spacial score (nSPS) is 22.2. The van der Waals surface area contributed by atoms with Crippen molar-refractivity contribution < 1.29 is 14.0 Å². The number of nitrogens with zero attached hydrogens (tertiary/aromatic N) is 3. The van der Waals surface area contributed by atoms with Crippen molar-refractivity contribution >= 4 is 11.8 Å². The molecule has 1 atom stereocenters. The smallest absolute Gasteiger partial charge is 0.228 e. The van der Waals surface area contributed by atoms with E-state index < -0.39 is 0 Å². The summed E-state index contributed by atoms with van der Waals surface area (Å²) in [5.74, 6) is -0.312. The van der Waals surface area contributed by atoms with Gasteiger partial charge in [-0.1, -0.05) is 12.1 Å². The molecule has 0 aliphatic carbocycles. The van der Waals surface area contributed by atoms with Crippen LogP contribution in [-0.2, 0) is 16.0 Å². The highest BCUT2D eigenvalue weighted by molar-refractivity contribution is 5.89. The van der Waals surface area contributed by atoms with Gasteiger partial charge in [0.1, 0.15) is 5.82 Å². The molecule has 5 nitrogen and oxygen atoms in total. The van der Waals surface area contributed by atoms with Gasteiger partial charge in [-0.05, 0) is 31.2 Å². The fourth-order valence-corrected chi connectivity index (χ4v) is 3.35. The Kier molecular flexibility index (Phi) is 5.14. The number of amides is 2. The molecule has 6 heteroatoms. The van der Waals surface area contributed by atoms with E-state index in [1.165, 1.54) is 12.1 Å². The van der Waals surface area contributed by atoms with Gasteiger partial charge in [-0.15, -0.1) is 0 Å². The lowest BCUT2D eigenvalue weighted by Crippen LogP contribution is -2.49. The van der Waals surface area contributed by atoms with Gasteiger partial charge in [0.25, 0.3) is 0 Å². The molecule has 24 heavy (non-hydrogen) atoms. The summed E-state index contributed by atoms with van der Waals surface area (Å²) in [7, 11) is 2.05. The highest BCUT2D eigenvalue weighted by atomic mass is 19.1. The van der Waals surface area contributed by atoms with Crippen LogP contribution in [0.5, 0.6) is 0 Å². The van der Waals surface area contributed by atoms with Crippen molar-refractivity contribution in [2.24, 2.45) is 5.92 Å². The van der Waals surface area contributed by atoms with Crippen molar-refractivity contribution in [3.05, 3.63) is 35.6 Å². The second kappa shape index (κ2) is 7.30. The van der Waals surface area contributed by atoms with E-state index in [4.69, 9.17) is 0 Å². The van der Waals surface area contributed by atoms with Gasteiger partial charge in [-0.25, -0.2) is 4.39 Å². The average molecular weight is 333 g/mol. The van der Waals surface area contributed by atoms with E-state index in [2.05, 4.69) is 11.9 Å². The van der Waals surface area contributed by atoms with Crippen LogP contribution in [0.25, 0.3) is 0 Å². The summed E-state index contributed by atoms with van der Waals surface area (Å²) in [6, 6.07) is 6.34. The Morgan fingerprint density at radius 1 is 1.17 bits per heavy atom. The van der Waals surface area contributed by atoms with E-state index in [1.807, 2.05) is 4.90 Å². The maximum atomic E-state index is 12.9. The minimum Gasteiger partial charge on any atom is -0.342 e. The largest absolute Gasteiger partial charge is 0.342 e. The zero-order chi connectivity index (χ0) is 17.1. The van der Waals surface area contributed by atoms with Gasteiger partial charge in [-0.2, -0.15) is 0 Å². The molecule has 1 unspecified atom stereocenters. The van der Waals surface area contributed by atoms with Gasteiger partial charge in [0.15, 0.2) is 0 Å². The summed E-state index contributed by atoms with van der Waals surface area (Å²) in [6.07, 6.45) is 0.996. The van der Waals surface area contributed by atoms with Crippen LogP contribution in [0.15, 0.2) is 24.3 Å². The minimum atomic E-state index is -0.256. The monoisotopic (exact) mass is 333 g/mol. The van der Waals surface area contributed by atoms with Crippen LogP contribution in [-0.4, -0.2) is 72.8 Å². The molecule has 0 aromatic heterocycles. The number of carbonyl (C=O) groups excluding carboxylic acids is 2. The van der Waals surface area contributed by atoms with Crippen LogP contribution in [0.2, 0.25) is 0 Å². The third-order valence-corrected chi connectivity index (χ3v) is 4.96. The van der Waals surface area contributed by atoms with Crippen molar-refractivity contribution in [2.75, 3.05) is 46.3 Å². The van der Waals surface area contributed by atoms with E-state index in [1.54, 1.807) is 17.0 Å². The Morgan fingerprint density at radius 2 is 1.83 bits per heavy atom. The number of piperazine rings is 1. The molecule has 0 bridgehead atoms. The standard InChI is InChI=1S/C18H24FN3O2/c1-20-8-10-21(11-9-20)18(24)15-12-17(23)22(13-15)7-6-14-2-4-16(19)5-3-14/h2-5,15H,6-13H2,1H3. The van der Waals surface area contributed by atoms with Gasteiger partial charge >= 0.3 is 0 Å². The molecule has 1 aromatic rings. The van der Waals surface area contributed by atoms with Gasteiger partial charge in [0.05, 0.1) is 5.92 Å². The summed E-state index contributed by atoms with van der Waals surface area (Å²) in [5.41, 5.74) is 0.998. The molecular formula is C18H24FN3O2. The topological polar surface area (TPSA) is 43.9 Å². The molecule has 2 heterocycles. The van der Waals surface area contributed by atoms with Crippen molar-refractivity contribution in [3.8, 4) is 0 Å². The molecule has 2 fully saturated rings. The van der Waals surface area contributed by atoms with Crippen molar-refractivity contribution in [1.82, 2.24) is 14.7 Å². The molecule has 0 saturated carbocycles. The number of hydrogen-bond acceptors (Lipinski definition) is 3. The Hall–Kier alpha value is -1.95. The van der Waals surface area contributed by atoms with Gasteiger partial charge < -0.3 is 14.7 Å². The van der Waals surface area contributed by atoms with Gasteiger partial charge in [0.2, 0.25) is 11.8 Å². The van der Waals surface area contributed by atoms with E-state index in [0.29, 0.717) is 25.9 Å². The lowest BCUT2D eigenvalue weighted by atomic mass is 10.1. The van der Waals surface area contributed by atoms with Gasteiger partial charge in [0, 0.05) is 45.7 Å². The molecule has 2 aliphatic rings. The molecular weight excluding hydrogens is 309 g/mol. The van der Waals surface area contributed by atoms with Crippen LogP contribution in [0.4, 0.5) is 4.39 Å². The summed E-state index contributed by atoms with van der Waals surface area (Å²) in [4.78, 5) is 30.6. The lowest BCUT2D eigenvalue weighted by Gasteiger charge is -2.33. The Balaban J connectivity index is 1.51. The molecule has 130 valence electrons. The van der Waals surface area contributed by atoms with Crippen LogP contribution in [0.1, 0.15) is 12.0 Å². The molecule has 0 radical (unpaired) electrons. The second-order valence-electron chi connectivity index (χ2n) is 6.75. The number of rotatable bonds is 4. The quantitative estimate of drug-likeness (QED) is 0.825. The second-order valence-corrected chi connectivity index (χ2v) is 6.75. The molecule has 1 aromatic carbocycles. The fourth-order valence-electron chi connectivity index (χ4n) is 3.35. The van der Waals surface area contributed by atoms with Crippen LogP contribution >= 0.6 is 0 Å². The van der Waals surface area contributed by atoms with Crippen molar-refractivity contribution in [3.63, 3.8) is 0 Å². The Bertz CT molecular complexity index is 597. The number of likely N-dealkylation sites (N-methyl/N-ethyl adjacent to an activating group) is 1. The molecule has 3 rings (SSSR count). The lowest BCUT2D eigenvalue weighted by molar-refractivity contribution is -0.137. The number of hydrogen-bond donors (Lipinski definition) is 0. The first kappa shape index (κ1) is 16.9. The number of benzene rings is 1. The summed E-state index contributed by atoms with van der Waals surface area (Å²) in [5, 5.41) is 0. The number of halogens is 1. The molecule has 2 aliphatic heterocycles. The van der Waals surface area contributed by atoms with Crippen molar-refractivity contribution in [1.29, 1.82) is 0 Å². The number of carbonyl (C=O) groups is 2. The summed E-state index contributed by atoms with van der Waals surface area (Å²) < 4.78 is 12.9. The predicted molar refractivity (Wildman–Crippen MR) is 88.9 cm³/mol. The molecule has 2 saturated heterocycles. The summed E-state index contributed by atoms with van der Waals surface area (Å²) >= 11 is 0. The highest BCUT2D eigenvalue weighted by Crippen LogP contribution is 2.21. The average Bonchev–Trinajstić information content (AvgIpc) is 2.95. The highest BCUT2D eigenvalue weighted by Gasteiger charge is 2.36. The predicted octanol–water partition coefficient (Wildman–Crippen LogP) is 0.991. The van der Waals surface area contributed by atoms with Crippen LogP contribution in [0.3, 0.4) is 0 Å². The van der Waals surface area contributed by atoms with E-state index in [9.17, 15) is 14.0 Å². The summed E-state index contributed by atoms with van der Waals surface area (Å²) in [6.45, 7) is 4.36. The maximum Gasteiger partial charge on any atom is 0.228 e. The third kappa shape index (κ3) is 3.93. The van der Waals surface area contributed by atoms with E-state index >= 15 is 0 Å². The fraction of sp³-hybridized carbons (Fsp3) is 0.556. The van der Waals surface area contributed by atoms with E-state index in [-0.39, 0.29) is 23.5 Å². The Labute approximate surface area is 142 Å². The zero-order valence-corrected chi connectivity index (χ0v) is 14.1. The number of likely N-dealkylation sites (tertiary alicyclic amines) is 1. The first-order chi connectivity index (χ1) is 11.5. The van der Waals surface area contributed by atoms with Crippen molar-refractivity contribution in [2.45, 2.75) is 12.8 Å². The molecule has 0 spiro atoms. The molecule has 0 N–H and O–H groups in total. The Morgan fingerprint density at radius 3 is 2.50 bits per heavy atom.